The fourth-order valence-corrected chi connectivity index (χ4v) is 3.43. The average molecular weight is 406 g/mol. The van der Waals surface area contributed by atoms with Gasteiger partial charge in [0.25, 0.3) is 0 Å². The third-order valence-electron chi connectivity index (χ3n) is 5.51. The highest BCUT2D eigenvalue weighted by atomic mass is 19.4. The van der Waals surface area contributed by atoms with Gasteiger partial charge in [-0.25, -0.2) is 0 Å². The number of amides is 1. The summed E-state index contributed by atoms with van der Waals surface area (Å²) in [5.74, 6) is 0.108. The van der Waals surface area contributed by atoms with Crippen molar-refractivity contribution in [3.63, 3.8) is 0 Å². The molecule has 7 heteroatoms. The van der Waals surface area contributed by atoms with Crippen LogP contribution < -0.4 is 0 Å². The zero-order chi connectivity index (χ0) is 21.2. The summed E-state index contributed by atoms with van der Waals surface area (Å²) < 4.78 is 38.9. The highest BCUT2D eigenvalue weighted by molar-refractivity contribution is 5.73. The van der Waals surface area contributed by atoms with Crippen molar-refractivity contribution in [3.05, 3.63) is 59.7 Å². The fourth-order valence-electron chi connectivity index (χ4n) is 3.43. The number of piperazine rings is 1. The molecule has 4 nitrogen and oxygen atoms in total. The maximum atomic E-state index is 13.0. The maximum Gasteiger partial charge on any atom is 0.421 e. The molecule has 2 aromatic carbocycles. The second kappa shape index (κ2) is 8.16. The lowest BCUT2D eigenvalue weighted by Crippen LogP contribution is -2.47. The Morgan fingerprint density at radius 3 is 1.86 bits per heavy atom. The van der Waals surface area contributed by atoms with Gasteiger partial charge in [-0.2, -0.15) is 13.2 Å². The number of benzene rings is 2. The Kier molecular flexibility index (Phi) is 6.00. The van der Waals surface area contributed by atoms with Crippen LogP contribution in [0.4, 0.5) is 13.2 Å². The molecular formula is C22H25F3N2O2. The summed E-state index contributed by atoms with van der Waals surface area (Å²) in [5.41, 5.74) is -0.236. The molecule has 1 N–H and O–H groups in total. The van der Waals surface area contributed by atoms with Crippen LogP contribution in [0.2, 0.25) is 0 Å². The van der Waals surface area contributed by atoms with Crippen LogP contribution in [0.15, 0.2) is 48.5 Å². The highest BCUT2D eigenvalue weighted by Crippen LogP contribution is 2.38. The van der Waals surface area contributed by atoms with Crippen molar-refractivity contribution in [2.75, 3.05) is 26.2 Å². The van der Waals surface area contributed by atoms with Crippen LogP contribution in [-0.2, 0) is 16.9 Å². The van der Waals surface area contributed by atoms with Gasteiger partial charge >= 0.3 is 6.18 Å². The minimum Gasteiger partial charge on any atom is -0.376 e. The number of halogens is 3. The van der Waals surface area contributed by atoms with E-state index in [2.05, 4.69) is 4.90 Å². The Morgan fingerprint density at radius 1 is 0.931 bits per heavy atom. The first-order valence-electron chi connectivity index (χ1n) is 9.55. The van der Waals surface area contributed by atoms with Gasteiger partial charge in [0.05, 0.1) is 0 Å². The molecule has 0 spiro atoms. The molecule has 0 radical (unpaired) electrons. The second-order valence-electron chi connectivity index (χ2n) is 7.63. The van der Waals surface area contributed by atoms with Crippen LogP contribution in [0, 0.1) is 0 Å². The van der Waals surface area contributed by atoms with E-state index < -0.39 is 11.8 Å². The van der Waals surface area contributed by atoms with Crippen LogP contribution in [0.5, 0.6) is 0 Å². The molecule has 1 atom stereocenters. The first-order valence-corrected chi connectivity index (χ1v) is 9.55. The number of carbonyl (C=O) groups excluding carboxylic acids is 1. The van der Waals surface area contributed by atoms with E-state index in [9.17, 15) is 23.1 Å². The monoisotopic (exact) mass is 406 g/mol. The normalized spacial score (nSPS) is 17.8. The summed E-state index contributed by atoms with van der Waals surface area (Å²) in [6, 6.07) is 13.7. The standard InChI is InChI=1S/C22H25F3N2O2/c1-16(28)27-13-11-26(12-14-27)15-17-3-5-18(6-4-17)19-7-9-20(10-8-19)21(2,29)22(23,24)25/h3-10,29H,11-15H2,1-2H3. The van der Waals surface area contributed by atoms with Crippen molar-refractivity contribution < 1.29 is 23.1 Å². The van der Waals surface area contributed by atoms with E-state index in [1.807, 2.05) is 29.2 Å². The lowest BCUT2D eigenvalue weighted by atomic mass is 9.93. The third kappa shape index (κ3) is 4.79. The molecule has 1 aliphatic rings. The second-order valence-corrected chi connectivity index (χ2v) is 7.63. The van der Waals surface area contributed by atoms with Gasteiger partial charge in [-0.1, -0.05) is 48.5 Å². The first kappa shape index (κ1) is 21.3. The molecule has 1 aliphatic heterocycles. The van der Waals surface area contributed by atoms with E-state index in [-0.39, 0.29) is 11.5 Å². The van der Waals surface area contributed by atoms with Crippen LogP contribution in [-0.4, -0.2) is 53.2 Å². The summed E-state index contributed by atoms with van der Waals surface area (Å²) in [7, 11) is 0. The van der Waals surface area contributed by atoms with Crippen molar-refractivity contribution in [1.29, 1.82) is 0 Å². The molecule has 0 aliphatic carbocycles. The van der Waals surface area contributed by atoms with Crippen molar-refractivity contribution in [1.82, 2.24) is 9.80 Å². The topological polar surface area (TPSA) is 43.8 Å². The summed E-state index contributed by atoms with van der Waals surface area (Å²) in [5, 5.41) is 9.77. The summed E-state index contributed by atoms with van der Waals surface area (Å²) in [6.45, 7) is 6.28. The Balaban J connectivity index is 1.64. The number of hydrogen-bond acceptors (Lipinski definition) is 3. The molecule has 1 saturated heterocycles. The Hall–Kier alpha value is -2.38. The van der Waals surface area contributed by atoms with Crippen LogP contribution in [0.3, 0.4) is 0 Å². The quantitative estimate of drug-likeness (QED) is 0.840. The Morgan fingerprint density at radius 2 is 1.41 bits per heavy atom. The molecular weight excluding hydrogens is 381 g/mol. The van der Waals surface area contributed by atoms with Crippen LogP contribution in [0.25, 0.3) is 11.1 Å². The van der Waals surface area contributed by atoms with E-state index >= 15 is 0 Å². The number of hydrogen-bond donors (Lipinski definition) is 1. The molecule has 2 aromatic rings. The number of nitrogens with zero attached hydrogens (tertiary/aromatic N) is 2. The molecule has 0 bridgehead atoms. The van der Waals surface area contributed by atoms with Gasteiger partial charge in [0.1, 0.15) is 0 Å². The molecule has 29 heavy (non-hydrogen) atoms. The predicted octanol–water partition coefficient (Wildman–Crippen LogP) is 3.79. The van der Waals surface area contributed by atoms with E-state index in [0.29, 0.717) is 0 Å². The molecule has 0 aromatic heterocycles. The third-order valence-corrected chi connectivity index (χ3v) is 5.51. The van der Waals surface area contributed by atoms with Crippen LogP contribution >= 0.6 is 0 Å². The van der Waals surface area contributed by atoms with Gasteiger partial charge in [-0.05, 0) is 29.2 Å². The molecule has 0 saturated carbocycles. The Bertz CT molecular complexity index is 838. The smallest absolute Gasteiger partial charge is 0.376 e. The van der Waals surface area contributed by atoms with E-state index in [1.165, 1.54) is 12.1 Å². The summed E-state index contributed by atoms with van der Waals surface area (Å²) in [4.78, 5) is 15.5. The van der Waals surface area contributed by atoms with Gasteiger partial charge in [0.15, 0.2) is 5.60 Å². The molecule has 1 amide bonds. The van der Waals surface area contributed by atoms with Gasteiger partial charge in [-0.3, -0.25) is 9.69 Å². The Labute approximate surface area is 168 Å². The molecule has 3 rings (SSSR count). The fraction of sp³-hybridized carbons (Fsp3) is 0.409. The minimum absolute atomic E-state index is 0.108. The van der Waals surface area contributed by atoms with Crippen LogP contribution in [0.1, 0.15) is 25.0 Å². The number of alkyl halides is 3. The van der Waals surface area contributed by atoms with E-state index in [0.717, 1.165) is 56.3 Å². The molecule has 156 valence electrons. The maximum absolute atomic E-state index is 13.0. The first-order chi connectivity index (χ1) is 13.6. The highest BCUT2D eigenvalue weighted by Gasteiger charge is 2.51. The molecule has 1 heterocycles. The predicted molar refractivity (Wildman–Crippen MR) is 105 cm³/mol. The van der Waals surface area contributed by atoms with Crippen molar-refractivity contribution in [2.45, 2.75) is 32.2 Å². The molecule has 1 unspecified atom stereocenters. The number of rotatable bonds is 4. The van der Waals surface area contributed by atoms with Crippen molar-refractivity contribution >= 4 is 5.91 Å². The number of aliphatic hydroxyl groups is 1. The molecule has 1 fully saturated rings. The van der Waals surface area contributed by atoms with E-state index in [4.69, 9.17) is 0 Å². The zero-order valence-electron chi connectivity index (χ0n) is 16.5. The zero-order valence-corrected chi connectivity index (χ0v) is 16.5. The van der Waals surface area contributed by atoms with E-state index in [1.54, 1.807) is 19.1 Å². The summed E-state index contributed by atoms with van der Waals surface area (Å²) >= 11 is 0. The van der Waals surface area contributed by atoms with Gasteiger partial charge in [0.2, 0.25) is 5.91 Å². The SMILES string of the molecule is CC(=O)N1CCN(Cc2ccc(-c3ccc(C(C)(O)C(F)(F)F)cc3)cc2)CC1. The van der Waals surface area contributed by atoms with Crippen molar-refractivity contribution in [2.24, 2.45) is 0 Å². The average Bonchev–Trinajstić information content (AvgIpc) is 2.68. The lowest BCUT2D eigenvalue weighted by Gasteiger charge is -2.34. The largest absolute Gasteiger partial charge is 0.421 e. The van der Waals surface area contributed by atoms with Gasteiger partial charge < -0.3 is 10.0 Å². The number of carbonyl (C=O) groups is 1. The summed E-state index contributed by atoms with van der Waals surface area (Å²) in [6.07, 6.45) is -4.73. The van der Waals surface area contributed by atoms with Gasteiger partial charge in [0, 0.05) is 39.6 Å². The minimum atomic E-state index is -4.73. The van der Waals surface area contributed by atoms with Crippen molar-refractivity contribution in [3.8, 4) is 11.1 Å². The van der Waals surface area contributed by atoms with Gasteiger partial charge in [-0.15, -0.1) is 0 Å². The lowest BCUT2D eigenvalue weighted by molar-refractivity contribution is -0.258.